The van der Waals surface area contributed by atoms with E-state index < -0.39 is 0 Å². The van der Waals surface area contributed by atoms with Crippen molar-refractivity contribution in [2.45, 2.75) is 44.2 Å². The number of halogens is 1. The van der Waals surface area contributed by atoms with E-state index in [4.69, 9.17) is 9.47 Å². The fourth-order valence-corrected chi connectivity index (χ4v) is 3.21. The third-order valence-electron chi connectivity index (χ3n) is 4.46. The third-order valence-corrected chi connectivity index (χ3v) is 4.46. The molecule has 1 atom stereocenters. The molecule has 0 aliphatic carbocycles. The summed E-state index contributed by atoms with van der Waals surface area (Å²) in [5.74, 6) is -0.189. The van der Waals surface area contributed by atoms with Crippen LogP contribution in [0.4, 0.5) is 10.1 Å². The van der Waals surface area contributed by atoms with Crippen molar-refractivity contribution in [3.05, 3.63) is 29.6 Å². The van der Waals surface area contributed by atoms with Gasteiger partial charge in [0.05, 0.1) is 5.60 Å². The lowest BCUT2D eigenvalue weighted by molar-refractivity contribution is -0.135. The normalized spacial score (nSPS) is 25.6. The molecule has 1 spiro atoms. The van der Waals surface area contributed by atoms with Gasteiger partial charge in [0, 0.05) is 31.5 Å². The first-order chi connectivity index (χ1) is 9.67. The number of hydrogen-bond donors (Lipinski definition) is 1. The standard InChI is InChI=1S/C16H22FNO2/c1-12-2-3-13(17)10-15(12)18-14-4-7-20-16(11-14)5-8-19-9-6-16/h2-3,10,14,18H,4-9,11H2,1H3. The lowest BCUT2D eigenvalue weighted by Gasteiger charge is -2.43. The molecule has 0 aromatic heterocycles. The topological polar surface area (TPSA) is 30.5 Å². The first-order valence-electron chi connectivity index (χ1n) is 7.41. The summed E-state index contributed by atoms with van der Waals surface area (Å²) in [6, 6.07) is 5.26. The minimum Gasteiger partial charge on any atom is -0.382 e. The molecular formula is C16H22FNO2. The Morgan fingerprint density at radius 1 is 1.25 bits per heavy atom. The van der Waals surface area contributed by atoms with E-state index in [1.54, 1.807) is 6.07 Å². The Hall–Kier alpha value is -1.13. The molecule has 2 saturated heterocycles. The second kappa shape index (κ2) is 5.70. The van der Waals surface area contributed by atoms with E-state index in [2.05, 4.69) is 5.32 Å². The van der Waals surface area contributed by atoms with Crippen LogP contribution in [0.5, 0.6) is 0 Å². The summed E-state index contributed by atoms with van der Waals surface area (Å²) in [5, 5.41) is 3.50. The van der Waals surface area contributed by atoms with Gasteiger partial charge < -0.3 is 14.8 Å². The number of nitrogens with one attached hydrogen (secondary N) is 1. The zero-order valence-corrected chi connectivity index (χ0v) is 12.0. The zero-order chi connectivity index (χ0) is 14.0. The van der Waals surface area contributed by atoms with Crippen molar-refractivity contribution in [1.29, 1.82) is 0 Å². The van der Waals surface area contributed by atoms with Gasteiger partial charge in [-0.3, -0.25) is 0 Å². The molecule has 1 N–H and O–H groups in total. The highest BCUT2D eigenvalue weighted by atomic mass is 19.1. The predicted molar refractivity (Wildman–Crippen MR) is 76.5 cm³/mol. The third kappa shape index (κ3) is 2.96. The number of hydrogen-bond acceptors (Lipinski definition) is 3. The number of rotatable bonds is 2. The molecule has 0 saturated carbocycles. The Bertz CT molecular complexity index is 466. The minimum atomic E-state index is -0.189. The van der Waals surface area contributed by atoms with E-state index in [0.717, 1.165) is 56.8 Å². The van der Waals surface area contributed by atoms with Crippen LogP contribution in [-0.4, -0.2) is 31.5 Å². The number of anilines is 1. The predicted octanol–water partition coefficient (Wildman–Crippen LogP) is 3.27. The van der Waals surface area contributed by atoms with Crippen molar-refractivity contribution in [3.8, 4) is 0 Å². The van der Waals surface area contributed by atoms with Crippen LogP contribution < -0.4 is 5.32 Å². The van der Waals surface area contributed by atoms with E-state index in [9.17, 15) is 4.39 Å². The van der Waals surface area contributed by atoms with Crippen LogP contribution in [0.25, 0.3) is 0 Å². The molecule has 110 valence electrons. The van der Waals surface area contributed by atoms with Crippen LogP contribution in [0.2, 0.25) is 0 Å². The van der Waals surface area contributed by atoms with Gasteiger partial charge in [-0.15, -0.1) is 0 Å². The molecule has 1 aromatic rings. The molecule has 0 radical (unpaired) electrons. The summed E-state index contributed by atoms with van der Waals surface area (Å²) in [6.07, 6.45) is 3.88. The highest BCUT2D eigenvalue weighted by Gasteiger charge is 2.39. The van der Waals surface area contributed by atoms with Crippen LogP contribution in [0.1, 0.15) is 31.2 Å². The molecule has 3 nitrogen and oxygen atoms in total. The lowest BCUT2D eigenvalue weighted by atomic mass is 9.84. The second-order valence-electron chi connectivity index (χ2n) is 5.94. The molecule has 2 aliphatic rings. The average Bonchev–Trinajstić information content (AvgIpc) is 2.44. The van der Waals surface area contributed by atoms with Gasteiger partial charge in [0.1, 0.15) is 5.82 Å². The van der Waals surface area contributed by atoms with E-state index >= 15 is 0 Å². The van der Waals surface area contributed by atoms with E-state index in [-0.39, 0.29) is 11.4 Å². The Kier molecular flexibility index (Phi) is 3.94. The Balaban J connectivity index is 1.69. The van der Waals surface area contributed by atoms with Gasteiger partial charge in [-0.2, -0.15) is 0 Å². The molecule has 4 heteroatoms. The molecule has 2 aliphatic heterocycles. The summed E-state index contributed by atoms with van der Waals surface area (Å²) < 4.78 is 24.8. The fraction of sp³-hybridized carbons (Fsp3) is 0.625. The maximum atomic E-state index is 13.4. The van der Waals surface area contributed by atoms with Gasteiger partial charge >= 0.3 is 0 Å². The molecule has 2 fully saturated rings. The van der Waals surface area contributed by atoms with Gasteiger partial charge in [0.15, 0.2) is 0 Å². The zero-order valence-electron chi connectivity index (χ0n) is 12.0. The van der Waals surface area contributed by atoms with Gasteiger partial charge in [0.2, 0.25) is 0 Å². The summed E-state index contributed by atoms with van der Waals surface area (Å²) in [6.45, 7) is 4.34. The Labute approximate surface area is 119 Å². The first kappa shape index (κ1) is 13.8. The SMILES string of the molecule is Cc1ccc(F)cc1NC1CCOC2(CCOCC2)C1. The van der Waals surface area contributed by atoms with Crippen molar-refractivity contribution in [2.75, 3.05) is 25.1 Å². The molecule has 2 heterocycles. The van der Waals surface area contributed by atoms with Crippen molar-refractivity contribution >= 4 is 5.69 Å². The summed E-state index contributed by atoms with van der Waals surface area (Å²) in [5.41, 5.74) is 1.95. The number of benzene rings is 1. The summed E-state index contributed by atoms with van der Waals surface area (Å²) >= 11 is 0. The summed E-state index contributed by atoms with van der Waals surface area (Å²) in [4.78, 5) is 0. The smallest absolute Gasteiger partial charge is 0.125 e. The lowest BCUT2D eigenvalue weighted by Crippen LogP contribution is -2.47. The van der Waals surface area contributed by atoms with Crippen LogP contribution in [0.3, 0.4) is 0 Å². The molecule has 3 rings (SSSR count). The van der Waals surface area contributed by atoms with E-state index in [0.29, 0.717) is 6.04 Å². The minimum absolute atomic E-state index is 0.0323. The van der Waals surface area contributed by atoms with Gasteiger partial charge in [-0.25, -0.2) is 4.39 Å². The largest absolute Gasteiger partial charge is 0.382 e. The monoisotopic (exact) mass is 279 g/mol. The first-order valence-corrected chi connectivity index (χ1v) is 7.41. The highest BCUT2D eigenvalue weighted by molar-refractivity contribution is 5.51. The van der Waals surface area contributed by atoms with Gasteiger partial charge in [-0.05, 0) is 50.3 Å². The van der Waals surface area contributed by atoms with E-state index in [1.807, 2.05) is 13.0 Å². The molecular weight excluding hydrogens is 257 g/mol. The molecule has 1 aromatic carbocycles. The van der Waals surface area contributed by atoms with Crippen LogP contribution in [-0.2, 0) is 9.47 Å². The molecule has 0 amide bonds. The molecule has 1 unspecified atom stereocenters. The van der Waals surface area contributed by atoms with Crippen molar-refractivity contribution in [2.24, 2.45) is 0 Å². The van der Waals surface area contributed by atoms with Crippen molar-refractivity contribution < 1.29 is 13.9 Å². The maximum absolute atomic E-state index is 13.4. The second-order valence-corrected chi connectivity index (χ2v) is 5.94. The number of ether oxygens (including phenoxy) is 2. The Morgan fingerprint density at radius 3 is 2.85 bits per heavy atom. The van der Waals surface area contributed by atoms with Crippen LogP contribution >= 0.6 is 0 Å². The number of aryl methyl sites for hydroxylation is 1. The van der Waals surface area contributed by atoms with Crippen molar-refractivity contribution in [1.82, 2.24) is 0 Å². The van der Waals surface area contributed by atoms with Crippen molar-refractivity contribution in [3.63, 3.8) is 0 Å². The van der Waals surface area contributed by atoms with Crippen LogP contribution in [0.15, 0.2) is 18.2 Å². The fourth-order valence-electron chi connectivity index (χ4n) is 3.21. The van der Waals surface area contributed by atoms with E-state index in [1.165, 1.54) is 6.07 Å². The molecule has 0 bridgehead atoms. The van der Waals surface area contributed by atoms with Gasteiger partial charge in [0.25, 0.3) is 0 Å². The van der Waals surface area contributed by atoms with Crippen LogP contribution in [0, 0.1) is 12.7 Å². The Morgan fingerprint density at radius 2 is 2.05 bits per heavy atom. The quantitative estimate of drug-likeness (QED) is 0.901. The average molecular weight is 279 g/mol. The van der Waals surface area contributed by atoms with Gasteiger partial charge in [-0.1, -0.05) is 6.07 Å². The molecule has 20 heavy (non-hydrogen) atoms. The maximum Gasteiger partial charge on any atom is 0.125 e. The summed E-state index contributed by atoms with van der Waals surface area (Å²) in [7, 11) is 0. The highest BCUT2D eigenvalue weighted by Crippen LogP contribution is 2.35.